The molecule has 0 aliphatic rings. The Morgan fingerprint density at radius 3 is 2.59 bits per heavy atom. The molecule has 0 spiro atoms. The molecule has 0 aliphatic heterocycles. The fourth-order valence-corrected chi connectivity index (χ4v) is 2.50. The van der Waals surface area contributed by atoms with E-state index in [0.29, 0.717) is 16.8 Å². The van der Waals surface area contributed by atoms with Gasteiger partial charge >= 0.3 is 5.63 Å². The lowest BCUT2D eigenvalue weighted by atomic mass is 10.1. The predicted octanol–water partition coefficient (Wildman–Crippen LogP) is 3.74. The molecule has 1 N–H and O–H groups in total. The van der Waals surface area contributed by atoms with E-state index in [-0.39, 0.29) is 12.3 Å². The van der Waals surface area contributed by atoms with E-state index in [2.05, 4.69) is 21.2 Å². The van der Waals surface area contributed by atoms with Crippen molar-refractivity contribution in [3.63, 3.8) is 0 Å². The van der Waals surface area contributed by atoms with Gasteiger partial charge in [-0.3, -0.25) is 4.79 Å². The van der Waals surface area contributed by atoms with Crippen LogP contribution in [-0.4, -0.2) is 5.91 Å². The van der Waals surface area contributed by atoms with Gasteiger partial charge in [0, 0.05) is 21.6 Å². The monoisotopic (exact) mass is 357 g/mol. The number of carbonyl (C=O) groups excluding carboxylic acids is 1. The maximum absolute atomic E-state index is 12.2. The van der Waals surface area contributed by atoms with E-state index in [0.717, 1.165) is 9.86 Å². The summed E-state index contributed by atoms with van der Waals surface area (Å²) in [4.78, 5) is 23.7. The third kappa shape index (κ3) is 3.26. The van der Waals surface area contributed by atoms with Gasteiger partial charge in [-0.05, 0) is 35.9 Å². The maximum atomic E-state index is 12.2. The Hall–Kier alpha value is -2.40. The first-order valence-electron chi connectivity index (χ1n) is 6.69. The molecule has 5 heteroatoms. The summed E-state index contributed by atoms with van der Waals surface area (Å²) in [5.41, 5.74) is 1.40. The number of benzene rings is 2. The number of hydrogen-bond donors (Lipinski definition) is 1. The summed E-state index contributed by atoms with van der Waals surface area (Å²) in [6.45, 7) is 0. The second kappa shape index (κ2) is 6.15. The van der Waals surface area contributed by atoms with Crippen molar-refractivity contribution in [3.8, 4) is 0 Å². The van der Waals surface area contributed by atoms with Gasteiger partial charge in [-0.1, -0.05) is 34.1 Å². The molecular weight excluding hydrogens is 346 g/mol. The van der Waals surface area contributed by atoms with E-state index < -0.39 is 5.63 Å². The summed E-state index contributed by atoms with van der Waals surface area (Å²) < 4.78 is 6.06. The lowest BCUT2D eigenvalue weighted by Gasteiger charge is -2.07. The number of amides is 1. The minimum Gasteiger partial charge on any atom is -0.423 e. The summed E-state index contributed by atoms with van der Waals surface area (Å²) in [6.07, 6.45) is 0.113. The van der Waals surface area contributed by atoms with Gasteiger partial charge in [0.25, 0.3) is 0 Å². The largest absolute Gasteiger partial charge is 0.423 e. The van der Waals surface area contributed by atoms with Crippen molar-refractivity contribution in [1.82, 2.24) is 0 Å². The van der Waals surface area contributed by atoms with Crippen LogP contribution in [0.5, 0.6) is 0 Å². The summed E-state index contributed by atoms with van der Waals surface area (Å²) in [5, 5.41) is 3.58. The Morgan fingerprint density at radius 1 is 1.09 bits per heavy atom. The van der Waals surface area contributed by atoms with Crippen molar-refractivity contribution in [2.24, 2.45) is 0 Å². The number of fused-ring (bicyclic) bond motifs is 1. The molecule has 0 saturated carbocycles. The molecule has 3 aromatic rings. The van der Waals surface area contributed by atoms with Gasteiger partial charge in [0.2, 0.25) is 5.91 Å². The molecule has 1 amide bonds. The second-order valence-electron chi connectivity index (χ2n) is 4.82. The summed E-state index contributed by atoms with van der Waals surface area (Å²) in [7, 11) is 0. The van der Waals surface area contributed by atoms with Crippen LogP contribution < -0.4 is 10.9 Å². The zero-order chi connectivity index (χ0) is 15.5. The molecule has 0 fully saturated rings. The molecular formula is C17H12BrNO3. The number of halogens is 1. The van der Waals surface area contributed by atoms with Crippen LogP contribution in [0.4, 0.5) is 5.69 Å². The molecule has 0 radical (unpaired) electrons. The SMILES string of the molecule is O=C(Cc1cc(=O)oc2ccccc12)Nc1ccc(Br)cc1. The molecule has 110 valence electrons. The molecule has 22 heavy (non-hydrogen) atoms. The average Bonchev–Trinajstić information content (AvgIpc) is 2.49. The molecule has 0 atom stereocenters. The van der Waals surface area contributed by atoms with Gasteiger partial charge in [0.15, 0.2) is 0 Å². The molecule has 3 rings (SSSR count). The number of hydrogen-bond acceptors (Lipinski definition) is 3. The Kier molecular flexibility index (Phi) is 4.06. The lowest BCUT2D eigenvalue weighted by molar-refractivity contribution is -0.115. The number of nitrogens with one attached hydrogen (secondary N) is 1. The quantitative estimate of drug-likeness (QED) is 0.726. The van der Waals surface area contributed by atoms with Crippen LogP contribution in [0.15, 0.2) is 68.3 Å². The number of carbonyl (C=O) groups is 1. The fraction of sp³-hybridized carbons (Fsp3) is 0.0588. The van der Waals surface area contributed by atoms with Gasteiger partial charge in [-0.15, -0.1) is 0 Å². The zero-order valence-electron chi connectivity index (χ0n) is 11.5. The lowest BCUT2D eigenvalue weighted by Crippen LogP contribution is -2.15. The third-order valence-electron chi connectivity index (χ3n) is 3.21. The predicted molar refractivity (Wildman–Crippen MR) is 89.0 cm³/mol. The smallest absolute Gasteiger partial charge is 0.336 e. The molecule has 2 aromatic carbocycles. The maximum Gasteiger partial charge on any atom is 0.336 e. The van der Waals surface area contributed by atoms with Gasteiger partial charge < -0.3 is 9.73 Å². The van der Waals surface area contributed by atoms with E-state index in [4.69, 9.17) is 4.42 Å². The summed E-state index contributed by atoms with van der Waals surface area (Å²) in [6, 6.07) is 15.9. The highest BCUT2D eigenvalue weighted by Gasteiger charge is 2.10. The Bertz CT molecular complexity index is 884. The Balaban J connectivity index is 1.85. The third-order valence-corrected chi connectivity index (χ3v) is 3.74. The van der Waals surface area contributed by atoms with Crippen LogP contribution in [0.1, 0.15) is 5.56 Å². The van der Waals surface area contributed by atoms with Crippen LogP contribution in [0.2, 0.25) is 0 Å². The topological polar surface area (TPSA) is 59.3 Å². The molecule has 1 aromatic heterocycles. The van der Waals surface area contributed by atoms with Crippen molar-refractivity contribution >= 4 is 38.5 Å². The van der Waals surface area contributed by atoms with E-state index in [1.807, 2.05) is 24.3 Å². The van der Waals surface area contributed by atoms with Crippen LogP contribution in [-0.2, 0) is 11.2 Å². The minimum absolute atomic E-state index is 0.113. The van der Waals surface area contributed by atoms with E-state index >= 15 is 0 Å². The van der Waals surface area contributed by atoms with Crippen molar-refractivity contribution in [2.75, 3.05) is 5.32 Å². The molecule has 4 nitrogen and oxygen atoms in total. The molecule has 0 aliphatic carbocycles. The first kappa shape index (κ1) is 14.5. The highest BCUT2D eigenvalue weighted by Crippen LogP contribution is 2.18. The van der Waals surface area contributed by atoms with E-state index in [1.54, 1.807) is 24.3 Å². The fourth-order valence-electron chi connectivity index (χ4n) is 2.24. The van der Waals surface area contributed by atoms with Crippen LogP contribution in [0, 0.1) is 0 Å². The minimum atomic E-state index is -0.454. The molecule has 1 heterocycles. The van der Waals surface area contributed by atoms with Gasteiger partial charge in [-0.2, -0.15) is 0 Å². The highest BCUT2D eigenvalue weighted by atomic mass is 79.9. The number of para-hydroxylation sites is 1. The Labute approximate surface area is 134 Å². The van der Waals surface area contributed by atoms with Crippen molar-refractivity contribution in [3.05, 3.63) is 75.1 Å². The van der Waals surface area contributed by atoms with Crippen molar-refractivity contribution < 1.29 is 9.21 Å². The first-order chi connectivity index (χ1) is 10.6. The van der Waals surface area contributed by atoms with E-state index in [1.165, 1.54) is 6.07 Å². The van der Waals surface area contributed by atoms with Gasteiger partial charge in [0.05, 0.1) is 6.42 Å². The zero-order valence-corrected chi connectivity index (χ0v) is 13.1. The van der Waals surface area contributed by atoms with Crippen LogP contribution in [0.25, 0.3) is 11.0 Å². The molecule has 0 saturated heterocycles. The highest BCUT2D eigenvalue weighted by molar-refractivity contribution is 9.10. The van der Waals surface area contributed by atoms with Gasteiger partial charge in [-0.25, -0.2) is 4.79 Å². The molecule has 0 unspecified atom stereocenters. The standard InChI is InChI=1S/C17H12BrNO3/c18-12-5-7-13(8-6-12)19-16(20)9-11-10-17(21)22-15-4-2-1-3-14(11)15/h1-8,10H,9H2,(H,19,20). The average molecular weight is 358 g/mol. The van der Waals surface area contributed by atoms with Crippen molar-refractivity contribution in [1.29, 1.82) is 0 Å². The number of rotatable bonds is 3. The normalized spacial score (nSPS) is 10.6. The van der Waals surface area contributed by atoms with E-state index in [9.17, 15) is 9.59 Å². The van der Waals surface area contributed by atoms with Crippen LogP contribution in [0.3, 0.4) is 0 Å². The van der Waals surface area contributed by atoms with Crippen LogP contribution >= 0.6 is 15.9 Å². The van der Waals surface area contributed by atoms with Crippen molar-refractivity contribution in [2.45, 2.75) is 6.42 Å². The summed E-state index contributed by atoms with van der Waals surface area (Å²) >= 11 is 3.34. The second-order valence-corrected chi connectivity index (χ2v) is 5.73. The van der Waals surface area contributed by atoms with Gasteiger partial charge in [0.1, 0.15) is 5.58 Å². The first-order valence-corrected chi connectivity index (χ1v) is 7.48. The Morgan fingerprint density at radius 2 is 1.82 bits per heavy atom. The molecule has 0 bridgehead atoms. The number of anilines is 1. The summed E-state index contributed by atoms with van der Waals surface area (Å²) in [5.74, 6) is -0.182.